The summed E-state index contributed by atoms with van der Waals surface area (Å²) in [5.74, 6) is -0.691. The largest absolute Gasteiger partial charge is 0.480 e. The predicted molar refractivity (Wildman–Crippen MR) is 86.6 cm³/mol. The van der Waals surface area contributed by atoms with Crippen LogP contribution in [0.25, 0.3) is 0 Å². The van der Waals surface area contributed by atoms with Crippen molar-refractivity contribution in [2.75, 3.05) is 6.54 Å². The van der Waals surface area contributed by atoms with Crippen LogP contribution >= 0.6 is 15.9 Å². The maximum Gasteiger partial charge on any atom is 0.317 e. The van der Waals surface area contributed by atoms with Crippen LogP contribution in [0.4, 0.5) is 0 Å². The molecular weight excluding hydrogens is 330 g/mol. The number of aliphatic carboxylic acids is 1. The number of benzene rings is 1. The summed E-state index contributed by atoms with van der Waals surface area (Å²) in [6, 6.07) is 7.36. The summed E-state index contributed by atoms with van der Waals surface area (Å²) in [4.78, 5) is 13.5. The summed E-state index contributed by atoms with van der Waals surface area (Å²) >= 11 is 3.53. The van der Waals surface area contributed by atoms with E-state index in [2.05, 4.69) is 39.0 Å². The zero-order chi connectivity index (χ0) is 14.8. The van der Waals surface area contributed by atoms with Crippen LogP contribution in [0, 0.1) is 0 Å². The highest BCUT2D eigenvalue weighted by atomic mass is 79.9. The van der Waals surface area contributed by atoms with Gasteiger partial charge in [0.15, 0.2) is 0 Å². The van der Waals surface area contributed by atoms with Crippen molar-refractivity contribution in [1.82, 2.24) is 4.90 Å². The summed E-state index contributed by atoms with van der Waals surface area (Å²) in [5, 5.41) is 9.26. The molecule has 3 nitrogen and oxygen atoms in total. The zero-order valence-electron chi connectivity index (χ0n) is 12.2. The molecule has 3 rings (SSSR count). The first-order valence-electron chi connectivity index (χ1n) is 7.88. The number of carboxylic acids is 1. The molecule has 21 heavy (non-hydrogen) atoms. The molecule has 0 spiro atoms. The van der Waals surface area contributed by atoms with Crippen molar-refractivity contribution >= 4 is 21.9 Å². The molecule has 114 valence electrons. The van der Waals surface area contributed by atoms with E-state index in [-0.39, 0.29) is 6.54 Å². The van der Waals surface area contributed by atoms with E-state index in [1.807, 2.05) is 0 Å². The van der Waals surface area contributed by atoms with Gasteiger partial charge in [0, 0.05) is 16.6 Å². The van der Waals surface area contributed by atoms with E-state index < -0.39 is 5.97 Å². The topological polar surface area (TPSA) is 40.5 Å². The number of fused-ring (bicyclic) bond motifs is 1. The second-order valence-corrected chi connectivity index (χ2v) is 7.23. The second kappa shape index (κ2) is 6.49. The molecule has 0 aromatic heterocycles. The van der Waals surface area contributed by atoms with Crippen molar-refractivity contribution in [2.24, 2.45) is 0 Å². The average molecular weight is 352 g/mol. The molecule has 1 unspecified atom stereocenters. The van der Waals surface area contributed by atoms with Crippen molar-refractivity contribution in [3.05, 3.63) is 33.8 Å². The van der Waals surface area contributed by atoms with Gasteiger partial charge in [-0.2, -0.15) is 0 Å². The maximum atomic E-state index is 11.3. The number of carboxylic acid groups (broad SMARTS) is 1. The molecule has 1 fully saturated rings. The summed E-state index contributed by atoms with van der Waals surface area (Å²) in [5.41, 5.74) is 2.81. The van der Waals surface area contributed by atoms with E-state index in [0.29, 0.717) is 12.1 Å². The highest BCUT2D eigenvalue weighted by Gasteiger charge is 2.32. The lowest BCUT2D eigenvalue weighted by Gasteiger charge is -2.38. The van der Waals surface area contributed by atoms with E-state index >= 15 is 0 Å². The molecule has 2 aliphatic carbocycles. The van der Waals surface area contributed by atoms with Crippen LogP contribution in [0.3, 0.4) is 0 Å². The molecule has 1 aromatic rings. The SMILES string of the molecule is O=C(O)CN(C1CCCC1)C1CCc2cc(Br)ccc2C1. The van der Waals surface area contributed by atoms with Crippen molar-refractivity contribution in [2.45, 2.75) is 57.0 Å². The smallest absolute Gasteiger partial charge is 0.317 e. The fourth-order valence-electron chi connectivity index (χ4n) is 3.94. The van der Waals surface area contributed by atoms with Gasteiger partial charge >= 0.3 is 5.97 Å². The van der Waals surface area contributed by atoms with Crippen LogP contribution in [0.5, 0.6) is 0 Å². The highest BCUT2D eigenvalue weighted by Crippen LogP contribution is 2.31. The third-order valence-electron chi connectivity index (χ3n) is 4.95. The third-order valence-corrected chi connectivity index (χ3v) is 5.44. The molecule has 0 heterocycles. The first-order valence-corrected chi connectivity index (χ1v) is 8.67. The zero-order valence-corrected chi connectivity index (χ0v) is 13.8. The van der Waals surface area contributed by atoms with Gasteiger partial charge in [-0.1, -0.05) is 34.8 Å². The molecule has 0 saturated heterocycles. The van der Waals surface area contributed by atoms with Gasteiger partial charge < -0.3 is 5.11 Å². The van der Waals surface area contributed by atoms with Crippen LogP contribution in [-0.2, 0) is 17.6 Å². The van der Waals surface area contributed by atoms with E-state index in [0.717, 1.165) is 36.6 Å². The van der Waals surface area contributed by atoms with E-state index in [9.17, 15) is 9.90 Å². The Kier molecular flexibility index (Phi) is 4.65. The van der Waals surface area contributed by atoms with Gasteiger partial charge in [0.25, 0.3) is 0 Å². The first kappa shape index (κ1) is 15.0. The van der Waals surface area contributed by atoms with Gasteiger partial charge in [-0.05, 0) is 55.4 Å². The maximum absolute atomic E-state index is 11.3. The number of rotatable bonds is 4. The summed E-state index contributed by atoms with van der Waals surface area (Å²) in [7, 11) is 0. The van der Waals surface area contributed by atoms with Crippen molar-refractivity contribution in [1.29, 1.82) is 0 Å². The lowest BCUT2D eigenvalue weighted by molar-refractivity contribution is -0.139. The minimum Gasteiger partial charge on any atom is -0.480 e. The van der Waals surface area contributed by atoms with Crippen LogP contribution in [0.2, 0.25) is 0 Å². The molecule has 1 N–H and O–H groups in total. The summed E-state index contributed by atoms with van der Waals surface area (Å²) in [6.45, 7) is 0.196. The lowest BCUT2D eigenvalue weighted by atomic mass is 9.87. The average Bonchev–Trinajstić information content (AvgIpc) is 2.98. The van der Waals surface area contributed by atoms with Gasteiger partial charge in [-0.3, -0.25) is 9.69 Å². The molecular formula is C17H22BrNO2. The molecule has 0 bridgehead atoms. The number of hydrogen-bond acceptors (Lipinski definition) is 2. The first-order chi connectivity index (χ1) is 10.1. The van der Waals surface area contributed by atoms with Gasteiger partial charge in [0.2, 0.25) is 0 Å². The molecule has 0 aliphatic heterocycles. The van der Waals surface area contributed by atoms with Crippen LogP contribution in [-0.4, -0.2) is 34.6 Å². The van der Waals surface area contributed by atoms with Crippen LogP contribution in [0.1, 0.15) is 43.2 Å². The quantitative estimate of drug-likeness (QED) is 0.900. The molecule has 1 atom stereocenters. The number of aryl methyl sites for hydroxylation is 1. The Morgan fingerprint density at radius 2 is 1.95 bits per heavy atom. The highest BCUT2D eigenvalue weighted by molar-refractivity contribution is 9.10. The normalized spacial score (nSPS) is 22.5. The van der Waals surface area contributed by atoms with Gasteiger partial charge in [0.05, 0.1) is 6.54 Å². The Morgan fingerprint density at radius 1 is 1.19 bits per heavy atom. The van der Waals surface area contributed by atoms with Gasteiger partial charge in [-0.15, -0.1) is 0 Å². The molecule has 0 amide bonds. The van der Waals surface area contributed by atoms with Gasteiger partial charge in [0.1, 0.15) is 0 Å². The molecule has 1 saturated carbocycles. The Morgan fingerprint density at radius 3 is 2.67 bits per heavy atom. The fraction of sp³-hybridized carbons (Fsp3) is 0.588. The van der Waals surface area contributed by atoms with E-state index in [4.69, 9.17) is 0 Å². The summed E-state index contributed by atoms with van der Waals surface area (Å²) in [6.07, 6.45) is 7.95. The summed E-state index contributed by atoms with van der Waals surface area (Å²) < 4.78 is 1.14. The Labute approximate surface area is 134 Å². The minimum atomic E-state index is -0.691. The van der Waals surface area contributed by atoms with Crippen molar-refractivity contribution in [3.63, 3.8) is 0 Å². The van der Waals surface area contributed by atoms with Crippen molar-refractivity contribution < 1.29 is 9.90 Å². The predicted octanol–water partition coefficient (Wildman–Crippen LogP) is 3.64. The van der Waals surface area contributed by atoms with E-state index in [1.54, 1.807) is 0 Å². The lowest BCUT2D eigenvalue weighted by Crippen LogP contribution is -2.47. The number of halogens is 1. The Balaban J connectivity index is 1.77. The fourth-order valence-corrected chi connectivity index (χ4v) is 4.34. The number of nitrogens with zero attached hydrogens (tertiary/aromatic N) is 1. The van der Waals surface area contributed by atoms with Crippen LogP contribution < -0.4 is 0 Å². The van der Waals surface area contributed by atoms with Gasteiger partial charge in [-0.25, -0.2) is 0 Å². The molecule has 0 radical (unpaired) electrons. The Hall–Kier alpha value is -0.870. The molecule has 1 aromatic carbocycles. The molecule has 4 heteroatoms. The monoisotopic (exact) mass is 351 g/mol. The third kappa shape index (κ3) is 3.49. The van der Waals surface area contributed by atoms with Crippen LogP contribution in [0.15, 0.2) is 22.7 Å². The number of carbonyl (C=O) groups is 1. The van der Waals surface area contributed by atoms with E-state index in [1.165, 1.54) is 24.0 Å². The Bertz CT molecular complexity index is 526. The number of hydrogen-bond donors (Lipinski definition) is 1. The molecule has 2 aliphatic rings. The minimum absolute atomic E-state index is 0.196. The van der Waals surface area contributed by atoms with Crippen molar-refractivity contribution in [3.8, 4) is 0 Å². The second-order valence-electron chi connectivity index (χ2n) is 6.31. The standard InChI is InChI=1S/C17H22BrNO2/c18-14-7-5-13-10-16(8-6-12(13)9-14)19(11-17(20)21)15-3-1-2-4-15/h5,7,9,15-16H,1-4,6,8,10-11H2,(H,20,21).